The second-order valence-electron chi connectivity index (χ2n) is 10.8. The van der Waals surface area contributed by atoms with Crippen LogP contribution >= 0.6 is 0 Å². The third-order valence-corrected chi connectivity index (χ3v) is 7.39. The fraction of sp³-hybridized carbons (Fsp3) is 0.667. The first kappa shape index (κ1) is 25.6. The third-order valence-electron chi connectivity index (χ3n) is 7.39. The summed E-state index contributed by atoms with van der Waals surface area (Å²) in [6, 6.07) is -0.868. The molecule has 1 saturated heterocycles. The van der Waals surface area contributed by atoms with Crippen molar-refractivity contribution in [1.82, 2.24) is 45.0 Å². The molecule has 2 aliphatic rings. The Bertz CT molecular complexity index is 1260. The van der Waals surface area contributed by atoms with Crippen molar-refractivity contribution < 1.29 is 18.7 Å². The highest BCUT2D eigenvalue weighted by molar-refractivity contribution is 5.90. The summed E-state index contributed by atoms with van der Waals surface area (Å²) in [4.78, 5) is 26.7. The standard InChI is InChI=1S/C24H33F2N9O2/c1-14(2)35-20(28-13-30-35)21(36)33-19(15-4-6-24(25,26)7-5-15)18-12-34-22(32-18)31-17(11-29-34)16-10-23(3,37)8-9-27-16/h11-16,19,27,37H,4-10H2,1-3H3,(H,33,36)/t16?,19-,23?/m0/s1. The molecule has 11 nitrogen and oxygen atoms in total. The number of halogens is 2. The van der Waals surface area contributed by atoms with Gasteiger partial charge in [-0.15, -0.1) is 0 Å². The SMILES string of the molecule is CC(C)n1ncnc1C(=O)N[C@H](c1cn2ncc(C3CC(C)(O)CCN3)nc2n1)C1CCC(F)(F)CC1. The van der Waals surface area contributed by atoms with Gasteiger partial charge in [0.2, 0.25) is 11.7 Å². The van der Waals surface area contributed by atoms with Crippen LogP contribution in [-0.2, 0) is 0 Å². The zero-order chi connectivity index (χ0) is 26.4. The van der Waals surface area contributed by atoms with Gasteiger partial charge in [0.25, 0.3) is 11.7 Å². The summed E-state index contributed by atoms with van der Waals surface area (Å²) < 4.78 is 30.9. The molecule has 0 spiro atoms. The van der Waals surface area contributed by atoms with Crippen molar-refractivity contribution in [3.8, 4) is 0 Å². The van der Waals surface area contributed by atoms with Crippen LogP contribution in [-0.4, -0.2) is 63.4 Å². The summed E-state index contributed by atoms with van der Waals surface area (Å²) in [6.45, 7) is 6.25. The Labute approximate surface area is 213 Å². The molecule has 3 aromatic rings. The molecule has 4 heterocycles. The summed E-state index contributed by atoms with van der Waals surface area (Å²) >= 11 is 0. The molecular formula is C24H33F2N9O2. The number of aromatic nitrogens is 7. The van der Waals surface area contributed by atoms with E-state index in [9.17, 15) is 18.7 Å². The molecule has 2 unspecified atom stereocenters. The second kappa shape index (κ2) is 9.67. The quantitative estimate of drug-likeness (QED) is 0.454. The van der Waals surface area contributed by atoms with E-state index < -0.39 is 23.5 Å². The van der Waals surface area contributed by atoms with Crippen molar-refractivity contribution in [2.24, 2.45) is 5.92 Å². The summed E-state index contributed by atoms with van der Waals surface area (Å²) in [5.74, 6) is -2.89. The normalized spacial score (nSPS) is 25.4. The number of nitrogens with one attached hydrogen (secondary N) is 2. The minimum absolute atomic E-state index is 0.0775. The summed E-state index contributed by atoms with van der Waals surface area (Å²) in [7, 11) is 0. The van der Waals surface area contributed by atoms with Crippen molar-refractivity contribution >= 4 is 11.7 Å². The molecule has 0 bridgehead atoms. The van der Waals surface area contributed by atoms with Gasteiger partial charge >= 0.3 is 0 Å². The Balaban J connectivity index is 1.44. The van der Waals surface area contributed by atoms with E-state index in [1.54, 1.807) is 12.4 Å². The highest BCUT2D eigenvalue weighted by Crippen LogP contribution is 2.41. The maximum Gasteiger partial charge on any atom is 0.289 e. The maximum atomic E-state index is 13.9. The Hall–Kier alpha value is -3.06. The summed E-state index contributed by atoms with van der Waals surface area (Å²) in [5.41, 5.74) is 0.367. The van der Waals surface area contributed by atoms with Crippen LogP contribution in [0.5, 0.6) is 0 Å². The van der Waals surface area contributed by atoms with E-state index in [4.69, 9.17) is 0 Å². The average molecular weight is 518 g/mol. The predicted octanol–water partition coefficient (Wildman–Crippen LogP) is 2.77. The van der Waals surface area contributed by atoms with Crippen molar-refractivity contribution in [1.29, 1.82) is 0 Å². The lowest BCUT2D eigenvalue weighted by Crippen LogP contribution is -2.42. The van der Waals surface area contributed by atoms with Crippen LogP contribution in [0.25, 0.3) is 5.78 Å². The molecule has 0 aromatic carbocycles. The number of piperidine rings is 1. The van der Waals surface area contributed by atoms with E-state index in [2.05, 4.69) is 35.8 Å². The highest BCUT2D eigenvalue weighted by Gasteiger charge is 2.40. The Morgan fingerprint density at radius 2 is 1.97 bits per heavy atom. The Kier molecular flexibility index (Phi) is 6.69. The van der Waals surface area contributed by atoms with Crippen molar-refractivity contribution in [3.63, 3.8) is 0 Å². The fourth-order valence-corrected chi connectivity index (χ4v) is 5.29. The summed E-state index contributed by atoms with van der Waals surface area (Å²) in [6.07, 6.45) is 5.80. The molecule has 3 atom stereocenters. The largest absolute Gasteiger partial charge is 0.390 e. The maximum absolute atomic E-state index is 13.9. The van der Waals surface area contributed by atoms with Gasteiger partial charge in [-0.1, -0.05) is 0 Å². The fourth-order valence-electron chi connectivity index (χ4n) is 5.29. The van der Waals surface area contributed by atoms with Crippen LogP contribution in [0.2, 0.25) is 0 Å². The van der Waals surface area contributed by atoms with Gasteiger partial charge in [-0.2, -0.15) is 10.2 Å². The van der Waals surface area contributed by atoms with E-state index in [1.165, 1.54) is 15.5 Å². The minimum atomic E-state index is -2.70. The molecule has 0 radical (unpaired) electrons. The van der Waals surface area contributed by atoms with Gasteiger partial charge in [0.1, 0.15) is 6.33 Å². The lowest BCUT2D eigenvalue weighted by molar-refractivity contribution is -0.0495. The van der Waals surface area contributed by atoms with Gasteiger partial charge in [-0.05, 0) is 58.9 Å². The van der Waals surface area contributed by atoms with Crippen LogP contribution in [0.3, 0.4) is 0 Å². The number of amides is 1. The van der Waals surface area contributed by atoms with Crippen molar-refractivity contribution in [2.75, 3.05) is 6.54 Å². The van der Waals surface area contributed by atoms with E-state index in [0.29, 0.717) is 36.6 Å². The first-order chi connectivity index (χ1) is 17.5. The zero-order valence-electron chi connectivity index (χ0n) is 21.2. The number of imidazole rings is 1. The van der Waals surface area contributed by atoms with Gasteiger partial charge in [-0.3, -0.25) is 4.79 Å². The topological polar surface area (TPSA) is 135 Å². The van der Waals surface area contributed by atoms with Crippen LogP contribution in [0.4, 0.5) is 8.78 Å². The first-order valence-corrected chi connectivity index (χ1v) is 12.8. The third kappa shape index (κ3) is 5.47. The minimum Gasteiger partial charge on any atom is -0.390 e. The van der Waals surface area contributed by atoms with E-state index in [0.717, 1.165) is 0 Å². The van der Waals surface area contributed by atoms with Gasteiger partial charge < -0.3 is 15.7 Å². The van der Waals surface area contributed by atoms with Crippen molar-refractivity contribution in [2.45, 2.75) is 88.9 Å². The Morgan fingerprint density at radius 3 is 2.68 bits per heavy atom. The molecule has 1 saturated carbocycles. The molecule has 3 aromatic heterocycles. The summed E-state index contributed by atoms with van der Waals surface area (Å²) in [5, 5.41) is 25.4. The number of nitrogens with zero attached hydrogens (tertiary/aromatic N) is 7. The smallest absolute Gasteiger partial charge is 0.289 e. The van der Waals surface area contributed by atoms with Crippen LogP contribution in [0.1, 0.15) is 99.4 Å². The predicted molar refractivity (Wildman–Crippen MR) is 129 cm³/mol. The number of carbonyl (C=O) groups is 1. The van der Waals surface area contributed by atoms with Gasteiger partial charge in [0, 0.05) is 18.9 Å². The molecule has 13 heteroatoms. The molecule has 1 amide bonds. The Morgan fingerprint density at radius 1 is 1.22 bits per heavy atom. The first-order valence-electron chi connectivity index (χ1n) is 12.8. The second-order valence-corrected chi connectivity index (χ2v) is 10.8. The number of fused-ring (bicyclic) bond motifs is 1. The molecule has 2 fully saturated rings. The van der Waals surface area contributed by atoms with E-state index >= 15 is 0 Å². The molecular weight excluding hydrogens is 484 g/mol. The van der Waals surface area contributed by atoms with Crippen LogP contribution in [0.15, 0.2) is 18.7 Å². The number of alkyl halides is 2. The van der Waals surface area contributed by atoms with Gasteiger partial charge in [0.05, 0.1) is 41.5 Å². The molecule has 37 heavy (non-hydrogen) atoms. The lowest BCUT2D eigenvalue weighted by atomic mass is 9.81. The van der Waals surface area contributed by atoms with Crippen molar-refractivity contribution in [3.05, 3.63) is 35.9 Å². The monoisotopic (exact) mass is 517 g/mol. The number of rotatable bonds is 6. The van der Waals surface area contributed by atoms with E-state index in [1.807, 2.05) is 20.8 Å². The number of hydrogen-bond donors (Lipinski definition) is 3. The molecule has 5 rings (SSSR count). The van der Waals surface area contributed by atoms with Gasteiger partial charge in [-0.25, -0.2) is 32.9 Å². The average Bonchev–Trinajstić information content (AvgIpc) is 3.49. The van der Waals surface area contributed by atoms with Crippen LogP contribution < -0.4 is 10.6 Å². The molecule has 200 valence electrons. The number of hydrogen-bond acceptors (Lipinski definition) is 8. The lowest BCUT2D eigenvalue weighted by Gasteiger charge is -2.34. The molecule has 3 N–H and O–H groups in total. The highest BCUT2D eigenvalue weighted by atomic mass is 19.3. The van der Waals surface area contributed by atoms with E-state index in [-0.39, 0.29) is 49.5 Å². The molecule has 1 aliphatic carbocycles. The number of carbonyl (C=O) groups excluding carboxylic acids is 1. The number of aliphatic hydroxyl groups is 1. The zero-order valence-corrected chi connectivity index (χ0v) is 21.2. The van der Waals surface area contributed by atoms with Gasteiger partial charge in [0.15, 0.2) is 0 Å². The molecule has 1 aliphatic heterocycles. The van der Waals surface area contributed by atoms with Crippen LogP contribution in [0, 0.1) is 5.92 Å².